The molecule has 0 aliphatic heterocycles. The number of carbonyl (C=O) groups excluding carboxylic acids is 1. The second kappa shape index (κ2) is 6.34. The van der Waals surface area contributed by atoms with Crippen LogP contribution in [0, 0.1) is 11.3 Å². The highest BCUT2D eigenvalue weighted by Gasteiger charge is 2.52. The number of esters is 1. The monoisotopic (exact) mass is 344 g/mol. The number of hydrogen-bond acceptors (Lipinski definition) is 3. The van der Waals surface area contributed by atoms with E-state index < -0.39 is 0 Å². The summed E-state index contributed by atoms with van der Waals surface area (Å²) in [7, 11) is 0. The molecule has 3 atom stereocenters. The molecule has 1 aromatic carbocycles. The van der Waals surface area contributed by atoms with Crippen molar-refractivity contribution in [2.45, 2.75) is 78.1 Å². The van der Waals surface area contributed by atoms with Crippen molar-refractivity contribution in [2.75, 3.05) is 6.61 Å². The first-order valence-electron chi connectivity index (χ1n) is 9.67. The van der Waals surface area contributed by atoms with Gasteiger partial charge in [-0.05, 0) is 65.7 Å². The van der Waals surface area contributed by atoms with Crippen molar-refractivity contribution >= 4 is 5.97 Å². The van der Waals surface area contributed by atoms with Crippen LogP contribution >= 0.6 is 0 Å². The van der Waals surface area contributed by atoms with E-state index in [2.05, 4.69) is 33.8 Å². The van der Waals surface area contributed by atoms with Crippen LogP contribution in [0.3, 0.4) is 0 Å². The van der Waals surface area contributed by atoms with Crippen LogP contribution in [0.2, 0.25) is 0 Å². The summed E-state index contributed by atoms with van der Waals surface area (Å²) in [6.45, 7) is 10.9. The number of rotatable bonds is 3. The summed E-state index contributed by atoms with van der Waals surface area (Å²) in [5.74, 6) is 1.05. The van der Waals surface area contributed by atoms with E-state index in [0.29, 0.717) is 24.2 Å². The highest BCUT2D eigenvalue weighted by Crippen LogP contribution is 2.58. The molecule has 25 heavy (non-hydrogen) atoms. The largest absolute Gasteiger partial charge is 0.508 e. The van der Waals surface area contributed by atoms with Crippen molar-refractivity contribution in [1.29, 1.82) is 0 Å². The average molecular weight is 344 g/mol. The number of carbonyl (C=O) groups is 1. The molecule has 0 aromatic heterocycles. The maximum Gasteiger partial charge on any atom is 0.302 e. The second-order valence-electron chi connectivity index (χ2n) is 9.02. The lowest BCUT2D eigenvalue weighted by molar-refractivity contribution is -0.148. The Bertz CT molecular complexity index is 678. The van der Waals surface area contributed by atoms with Crippen LogP contribution in [0.25, 0.3) is 0 Å². The summed E-state index contributed by atoms with van der Waals surface area (Å²) in [5.41, 5.74) is 3.84. The molecule has 0 amide bonds. The maximum atomic E-state index is 11.4. The van der Waals surface area contributed by atoms with Crippen molar-refractivity contribution in [3.8, 4) is 5.75 Å². The zero-order valence-corrected chi connectivity index (χ0v) is 16.3. The van der Waals surface area contributed by atoms with Crippen LogP contribution in [0.5, 0.6) is 5.75 Å². The third-order valence-corrected chi connectivity index (χ3v) is 6.85. The van der Waals surface area contributed by atoms with Gasteiger partial charge in [0.05, 0.1) is 6.61 Å². The Morgan fingerprint density at radius 1 is 1.32 bits per heavy atom. The average Bonchev–Trinajstić information content (AvgIpc) is 2.53. The third-order valence-electron chi connectivity index (χ3n) is 6.85. The quantitative estimate of drug-likeness (QED) is 0.777. The number of aromatic hydroxyl groups is 1. The van der Waals surface area contributed by atoms with Gasteiger partial charge in [0, 0.05) is 12.3 Å². The van der Waals surface area contributed by atoms with Gasteiger partial charge in [-0.25, -0.2) is 0 Å². The minimum absolute atomic E-state index is 0.0166. The molecule has 1 aromatic rings. The molecule has 0 saturated heterocycles. The first kappa shape index (κ1) is 18.3. The molecule has 1 fully saturated rings. The summed E-state index contributed by atoms with van der Waals surface area (Å²) < 4.78 is 5.45. The van der Waals surface area contributed by atoms with Gasteiger partial charge in [-0.1, -0.05) is 40.2 Å². The molecule has 138 valence electrons. The molecule has 0 heterocycles. The fourth-order valence-corrected chi connectivity index (χ4v) is 5.56. The van der Waals surface area contributed by atoms with Crippen LogP contribution in [-0.4, -0.2) is 17.7 Å². The van der Waals surface area contributed by atoms with Crippen molar-refractivity contribution in [3.63, 3.8) is 0 Å². The molecule has 0 radical (unpaired) electrons. The van der Waals surface area contributed by atoms with Gasteiger partial charge < -0.3 is 9.84 Å². The van der Waals surface area contributed by atoms with Crippen molar-refractivity contribution in [2.24, 2.45) is 11.3 Å². The zero-order chi connectivity index (χ0) is 18.4. The lowest BCUT2D eigenvalue weighted by Gasteiger charge is -2.55. The molecular weight excluding hydrogens is 312 g/mol. The molecule has 1 N–H and O–H groups in total. The summed E-state index contributed by atoms with van der Waals surface area (Å²) in [6.07, 6.45) is 5.55. The van der Waals surface area contributed by atoms with Gasteiger partial charge in [0.15, 0.2) is 0 Å². The number of ether oxygens (including phenoxy) is 1. The standard InChI is InChI=1S/C22H32O3/c1-14(2)17-11-16-7-8-20-21(4,13-25-15(3)23)9-6-10-22(20,5)18(16)12-19(17)24/h11-12,14,20,24H,6-10,13H2,1-5H3/t20?,21-,22+/m0/s1. The van der Waals surface area contributed by atoms with E-state index in [0.717, 1.165) is 37.7 Å². The van der Waals surface area contributed by atoms with E-state index in [1.54, 1.807) is 0 Å². The normalized spacial score (nSPS) is 31.4. The van der Waals surface area contributed by atoms with Crippen LogP contribution < -0.4 is 0 Å². The molecule has 3 rings (SSSR count). The van der Waals surface area contributed by atoms with Gasteiger partial charge in [-0.15, -0.1) is 0 Å². The smallest absolute Gasteiger partial charge is 0.302 e. The van der Waals surface area contributed by atoms with Gasteiger partial charge in [-0.2, -0.15) is 0 Å². The van der Waals surface area contributed by atoms with Gasteiger partial charge in [0.2, 0.25) is 0 Å². The molecule has 1 saturated carbocycles. The second-order valence-corrected chi connectivity index (χ2v) is 9.02. The van der Waals surface area contributed by atoms with E-state index in [1.807, 2.05) is 6.07 Å². The van der Waals surface area contributed by atoms with E-state index in [1.165, 1.54) is 18.1 Å². The zero-order valence-electron chi connectivity index (χ0n) is 16.3. The summed E-state index contributed by atoms with van der Waals surface area (Å²) in [6, 6.07) is 4.27. The van der Waals surface area contributed by atoms with Crippen molar-refractivity contribution in [1.82, 2.24) is 0 Å². The first-order chi connectivity index (χ1) is 11.7. The molecule has 1 unspecified atom stereocenters. The Hall–Kier alpha value is -1.51. The molecule has 3 heteroatoms. The molecule has 0 bridgehead atoms. The predicted octanol–water partition coefficient (Wildman–Crippen LogP) is 5.09. The number of phenolic OH excluding ortho intramolecular Hbond substituents is 1. The number of hydrogen-bond donors (Lipinski definition) is 1. The Morgan fingerprint density at radius 3 is 2.68 bits per heavy atom. The van der Waals surface area contributed by atoms with Gasteiger partial charge >= 0.3 is 5.97 Å². The fourth-order valence-electron chi connectivity index (χ4n) is 5.56. The summed E-state index contributed by atoms with van der Waals surface area (Å²) in [5, 5.41) is 10.6. The summed E-state index contributed by atoms with van der Waals surface area (Å²) >= 11 is 0. The summed E-state index contributed by atoms with van der Waals surface area (Å²) in [4.78, 5) is 11.4. The van der Waals surface area contributed by atoms with Gasteiger partial charge in [0.25, 0.3) is 0 Å². The van der Waals surface area contributed by atoms with Crippen LogP contribution in [0.1, 0.15) is 82.9 Å². The van der Waals surface area contributed by atoms with E-state index in [9.17, 15) is 9.90 Å². The molecular formula is C22H32O3. The van der Waals surface area contributed by atoms with Crippen LogP contribution in [-0.2, 0) is 21.4 Å². The van der Waals surface area contributed by atoms with Gasteiger partial charge in [0.1, 0.15) is 5.75 Å². The fraction of sp³-hybridized carbons (Fsp3) is 0.682. The third kappa shape index (κ3) is 3.07. The predicted molar refractivity (Wildman–Crippen MR) is 99.9 cm³/mol. The van der Waals surface area contributed by atoms with Crippen molar-refractivity contribution < 1.29 is 14.6 Å². The van der Waals surface area contributed by atoms with Crippen LogP contribution in [0.15, 0.2) is 12.1 Å². The number of aryl methyl sites for hydroxylation is 1. The topological polar surface area (TPSA) is 46.5 Å². The number of fused-ring (bicyclic) bond motifs is 3. The SMILES string of the molecule is CC(=O)OC[C@]1(C)CCC[C@]2(C)c3cc(O)c(C(C)C)cc3CCC12. The Balaban J connectivity index is 2.01. The maximum absolute atomic E-state index is 11.4. The lowest BCUT2D eigenvalue weighted by atomic mass is 9.50. The minimum Gasteiger partial charge on any atom is -0.508 e. The number of benzene rings is 1. The highest BCUT2D eigenvalue weighted by molar-refractivity contribution is 5.65. The molecule has 2 aliphatic carbocycles. The molecule has 0 spiro atoms. The van der Waals surface area contributed by atoms with Gasteiger partial charge in [-0.3, -0.25) is 4.79 Å². The molecule has 3 nitrogen and oxygen atoms in total. The first-order valence-corrected chi connectivity index (χ1v) is 9.67. The van der Waals surface area contributed by atoms with E-state index in [-0.39, 0.29) is 16.8 Å². The van der Waals surface area contributed by atoms with Crippen molar-refractivity contribution in [3.05, 3.63) is 28.8 Å². The Kier molecular flexibility index (Phi) is 4.63. The van der Waals surface area contributed by atoms with E-state index in [4.69, 9.17) is 4.74 Å². The van der Waals surface area contributed by atoms with E-state index >= 15 is 0 Å². The Labute approximate surface area is 151 Å². The van der Waals surface area contributed by atoms with Crippen LogP contribution in [0.4, 0.5) is 0 Å². The minimum atomic E-state index is -0.191. The highest BCUT2D eigenvalue weighted by atomic mass is 16.5. The lowest BCUT2D eigenvalue weighted by Crippen LogP contribution is -2.51. The molecule has 2 aliphatic rings. The Morgan fingerprint density at radius 2 is 2.04 bits per heavy atom. The number of phenols is 1.